The molecule has 4 unspecified atom stereocenters. The van der Waals surface area contributed by atoms with Gasteiger partial charge in [-0.1, -0.05) is 284 Å². The molecule has 0 saturated heterocycles. The molecule has 0 aliphatic carbocycles. The minimum Gasteiger partial charge on any atom is -0.508 e. The van der Waals surface area contributed by atoms with Crippen molar-refractivity contribution in [3.05, 3.63) is 292 Å². The van der Waals surface area contributed by atoms with Gasteiger partial charge in [0.2, 0.25) is 0 Å². The molecule has 0 fully saturated rings. The predicted octanol–water partition coefficient (Wildman–Crippen LogP) is 18.4. The Kier molecular flexibility index (Phi) is 35.1. The molecule has 10 N–H and O–H groups in total. The van der Waals surface area contributed by atoms with Gasteiger partial charge in [0.25, 0.3) is 0 Å². The monoisotopic (exact) mass is 2000 g/mol. The maximum absolute atomic E-state index is 13.4. The van der Waals surface area contributed by atoms with Gasteiger partial charge in [-0.05, 0) is 162 Å². The van der Waals surface area contributed by atoms with Gasteiger partial charge >= 0.3 is 20.8 Å². The number of hydrogen-bond acceptors (Lipinski definition) is 25. The molecule has 10 aromatic carbocycles. The molecular formula is C102H129N5O22S7. The highest BCUT2D eigenvalue weighted by Gasteiger charge is 2.48. The van der Waals surface area contributed by atoms with Gasteiger partial charge in [-0.3, -0.25) is 35.7 Å². The second-order valence-corrected chi connectivity index (χ2v) is 47.7. The van der Waals surface area contributed by atoms with Crippen LogP contribution in [0.3, 0.4) is 0 Å². The molecule has 5 aliphatic heterocycles. The largest absolute Gasteiger partial charge is 0.508 e. The smallest absolute Gasteiger partial charge is 0.446 e. The van der Waals surface area contributed by atoms with E-state index in [1.165, 1.54) is 49.6 Å². The zero-order chi connectivity index (χ0) is 99.1. The Morgan fingerprint density at radius 2 is 0.551 bits per heavy atom. The number of sulfone groups is 5. The van der Waals surface area contributed by atoms with Crippen LogP contribution in [0.5, 0.6) is 34.5 Å². The number of benzene rings is 10. The molecule has 0 aromatic heterocycles. The number of nitrogens with one attached hydrogen (secondary N) is 5. The Bertz CT molecular complexity index is 6620. The second kappa shape index (κ2) is 44.7. The highest BCUT2D eigenvalue weighted by atomic mass is 32.3. The fourth-order valence-corrected chi connectivity index (χ4v) is 30.8. The van der Waals surface area contributed by atoms with E-state index in [9.17, 15) is 74.2 Å². The van der Waals surface area contributed by atoms with Crippen molar-refractivity contribution in [1.82, 2.24) is 26.6 Å². The number of fused-ring (bicyclic) bond motifs is 5. The zero-order valence-corrected chi connectivity index (χ0v) is 84.5. The number of aromatic hydroxyl groups is 3. The Hall–Kier alpha value is -9.63. The number of unbranched alkanes of at least 4 members (excludes halogenated alkanes) is 2. The average molecular weight is 2000 g/mol. The quantitative estimate of drug-likeness (QED) is 0.0225. The third-order valence-electron chi connectivity index (χ3n) is 26.7. The molecule has 15 rings (SSSR count). The molecule has 0 saturated carbocycles. The fourth-order valence-electron chi connectivity index (χ4n) is 19.3. The van der Waals surface area contributed by atoms with Crippen molar-refractivity contribution in [2.75, 3.05) is 35.9 Å². The average Bonchev–Trinajstić information content (AvgIpc) is 0.985. The SMILES string of the molecule is CCC1(CC)CS(=O)(=O)c2cc(O)ccc2C(c2ccccc2)N1.CCC1(CC)CS(=O)(=O)c2cc(OS(=O)(=O)O)ccc2C(c2ccccc2)N1.CCCC1(CCC)CS(=O)(=O)c2cc(O)ccc2C(c2ccccc2)N1.CCCCC1(CC)CS(=O)(=O)c2cc(O)c(OC)cc2[C@@H](c2ccccc2)N1.CCCC[C@]1(CC)CS(=O)(=O)c2cc(OS(=O)(=O)O)ccc2[C@@H](c2ccccc2)N1. The number of ether oxygens (including phenoxy) is 1. The minimum atomic E-state index is -4.77. The van der Waals surface area contributed by atoms with Crippen LogP contribution in [0.2, 0.25) is 0 Å². The number of methoxy groups -OCH3 is 1. The van der Waals surface area contributed by atoms with E-state index in [-0.39, 0.29) is 106 Å². The van der Waals surface area contributed by atoms with E-state index in [1.54, 1.807) is 36.4 Å². The van der Waals surface area contributed by atoms with Crippen LogP contribution in [0.15, 0.2) is 261 Å². The summed E-state index contributed by atoms with van der Waals surface area (Å²) in [6.45, 7) is 20.3. The summed E-state index contributed by atoms with van der Waals surface area (Å²) in [5.41, 5.74) is 5.16. The summed E-state index contributed by atoms with van der Waals surface area (Å²) in [6.07, 6.45) is 12.6. The van der Waals surface area contributed by atoms with Gasteiger partial charge in [0.1, 0.15) is 23.0 Å². The summed E-state index contributed by atoms with van der Waals surface area (Å²) in [6, 6.07) is 67.6. The van der Waals surface area contributed by atoms with Gasteiger partial charge in [0, 0.05) is 45.9 Å². The summed E-state index contributed by atoms with van der Waals surface area (Å²) in [5.74, 6) is -0.555. The first-order valence-electron chi connectivity index (χ1n) is 46.3. The lowest BCUT2D eigenvalue weighted by Crippen LogP contribution is -2.50. The lowest BCUT2D eigenvalue weighted by molar-refractivity contribution is 0.287. The molecule has 0 radical (unpaired) electrons. The molecule has 27 nitrogen and oxygen atoms in total. The van der Waals surface area contributed by atoms with Crippen molar-refractivity contribution in [2.24, 2.45) is 0 Å². The molecule has 10 aromatic rings. The number of rotatable bonds is 26. The summed E-state index contributed by atoms with van der Waals surface area (Å²) < 4.78 is 209. The van der Waals surface area contributed by atoms with Crippen LogP contribution >= 0.6 is 0 Å². The molecule has 736 valence electrons. The first-order chi connectivity index (χ1) is 64.3. The van der Waals surface area contributed by atoms with Crippen molar-refractivity contribution in [3.63, 3.8) is 0 Å². The topological polar surface area (TPSA) is 428 Å². The van der Waals surface area contributed by atoms with Gasteiger partial charge in [0.05, 0.1) is 90.6 Å². The van der Waals surface area contributed by atoms with Crippen molar-refractivity contribution in [3.8, 4) is 34.5 Å². The first-order valence-corrected chi connectivity index (χ1v) is 57.3. The highest BCUT2D eigenvalue weighted by molar-refractivity contribution is 7.92. The Morgan fingerprint density at radius 3 is 0.824 bits per heavy atom. The van der Waals surface area contributed by atoms with Crippen LogP contribution in [-0.4, -0.2) is 147 Å². The van der Waals surface area contributed by atoms with E-state index in [1.807, 2.05) is 193 Å². The number of hydrogen-bond donors (Lipinski definition) is 10. The molecule has 5 aliphatic rings. The molecular weight excluding hydrogens is 1870 g/mol. The molecule has 7 atom stereocenters. The van der Waals surface area contributed by atoms with Gasteiger partial charge in [-0.2, -0.15) is 16.8 Å². The summed E-state index contributed by atoms with van der Waals surface area (Å²) >= 11 is 0. The standard InChI is InChI=1S/C22H29NO4S.C21H27NO6S2.C21H27NO3S.C19H23NO6S2.C19H23NO3S/c1-4-6-12-22(5-2)15-28(25,26)20-14-18(24)19(27-3)13-17(20)21(23-22)16-10-8-7-9-11-16;1-3-5-13-21(4-2)15-29(23,24)19-14-17(28-30(25,26)27)11-12-18(19)20(22-21)16-9-7-6-8-10-16;1-3-12-21(13-4-2)15-26(24,25)19-14-17(23)10-11-18(19)20(22-21)16-8-6-5-7-9-16;1-3-19(4-2)13-27(21,22)17-12-15(26-28(23,24)25)10-11-16(17)18(20-19)14-8-6-5-7-9-14;1-3-19(4-2)13-24(22,23)17-12-15(21)10-11-16(17)18(20-19)14-8-6-5-7-9-14/h7-11,13-14,21,23-24H,4-6,12,15H2,1-3H3;6-12,14,20,22H,3-5,13,15H2,1-2H3,(H,25,26,27);5-11,14,20,22-23H,3-4,12-13,15H2,1-2H3;5-12,18,20H,3-4,13H2,1-2H3,(H,23,24,25);5-12,18,20-21H,3-4,13H2,1-2H3/t21-,22?;20-,21-;;;/m11.../s1. The predicted molar refractivity (Wildman–Crippen MR) is 530 cm³/mol. The highest BCUT2D eigenvalue weighted by Crippen LogP contribution is 2.48. The summed E-state index contributed by atoms with van der Waals surface area (Å²) in [5, 5.41) is 48.2. The van der Waals surface area contributed by atoms with Crippen LogP contribution in [-0.2, 0) is 70.0 Å². The minimum absolute atomic E-state index is 0.00113. The van der Waals surface area contributed by atoms with Gasteiger partial charge < -0.3 is 28.4 Å². The fraction of sp³-hybridized carbons (Fsp3) is 0.412. The Balaban J connectivity index is 0.000000164. The lowest BCUT2D eigenvalue weighted by Gasteiger charge is -2.36. The normalized spacial score (nSPS) is 22.1. The third kappa shape index (κ3) is 25.7. The maximum Gasteiger partial charge on any atom is 0.446 e. The van der Waals surface area contributed by atoms with E-state index in [4.69, 9.17) is 13.8 Å². The van der Waals surface area contributed by atoms with Crippen molar-refractivity contribution >= 4 is 70.0 Å². The van der Waals surface area contributed by atoms with Crippen LogP contribution in [0.1, 0.15) is 258 Å². The van der Waals surface area contributed by atoms with Gasteiger partial charge in [0.15, 0.2) is 60.7 Å². The second-order valence-electron chi connectivity index (χ2n) is 35.9. The molecule has 136 heavy (non-hydrogen) atoms. The zero-order valence-electron chi connectivity index (χ0n) is 78.8. The maximum atomic E-state index is 13.4. The first kappa shape index (κ1) is 107. The van der Waals surface area contributed by atoms with Crippen LogP contribution in [0.4, 0.5) is 0 Å². The van der Waals surface area contributed by atoms with Crippen molar-refractivity contribution < 1.29 is 96.5 Å². The van der Waals surface area contributed by atoms with E-state index in [2.05, 4.69) is 62.6 Å². The summed E-state index contributed by atoms with van der Waals surface area (Å²) in [7, 11) is -26.2. The van der Waals surface area contributed by atoms with Crippen LogP contribution in [0, 0.1) is 0 Å². The van der Waals surface area contributed by atoms with Crippen molar-refractivity contribution in [2.45, 2.75) is 254 Å². The molecule has 34 heteroatoms. The number of phenolic OH excluding ortho intramolecular Hbond substituents is 3. The van der Waals surface area contributed by atoms with Crippen molar-refractivity contribution in [1.29, 1.82) is 0 Å². The van der Waals surface area contributed by atoms with Gasteiger partial charge in [-0.25, -0.2) is 42.1 Å². The van der Waals surface area contributed by atoms with Gasteiger partial charge in [-0.15, -0.1) is 0 Å². The Labute approximate surface area is 804 Å². The van der Waals surface area contributed by atoms with Crippen LogP contribution in [0.25, 0.3) is 0 Å². The third-order valence-corrected chi connectivity index (χ3v) is 37.3. The molecule has 5 heterocycles. The lowest BCUT2D eigenvalue weighted by atomic mass is 9.87. The van der Waals surface area contributed by atoms with Crippen LogP contribution < -0.4 is 39.7 Å². The Morgan fingerprint density at radius 1 is 0.301 bits per heavy atom. The molecule has 0 bridgehead atoms. The molecule has 0 spiro atoms. The van der Waals surface area contributed by atoms with E-state index in [0.717, 1.165) is 91.7 Å². The number of phenols is 3. The van der Waals surface area contributed by atoms with E-state index in [0.29, 0.717) is 72.8 Å². The summed E-state index contributed by atoms with van der Waals surface area (Å²) in [4.78, 5) is 0.662. The van der Waals surface area contributed by atoms with E-state index < -0.39 is 110 Å². The molecule has 0 amide bonds. The van der Waals surface area contributed by atoms with E-state index >= 15 is 0 Å².